The Morgan fingerprint density at radius 3 is 3.04 bits per heavy atom. The number of benzene rings is 1. The van der Waals surface area contributed by atoms with Crippen LogP contribution in [0.2, 0.25) is 0 Å². The van der Waals surface area contributed by atoms with Crippen molar-refractivity contribution in [3.8, 4) is 6.07 Å². The van der Waals surface area contributed by atoms with Crippen molar-refractivity contribution in [3.05, 3.63) is 65.6 Å². The molecule has 0 radical (unpaired) electrons. The van der Waals surface area contributed by atoms with Crippen LogP contribution in [0.15, 0.2) is 47.1 Å². The third-order valence-electron chi connectivity index (χ3n) is 4.03. The number of hydrogen-bond donors (Lipinski definition) is 1. The van der Waals surface area contributed by atoms with E-state index >= 15 is 0 Å². The highest BCUT2D eigenvalue weighted by Crippen LogP contribution is 2.38. The number of carbonyl (C=O) groups is 1. The van der Waals surface area contributed by atoms with Gasteiger partial charge < -0.3 is 14.4 Å². The molecule has 4 rings (SSSR count). The van der Waals surface area contributed by atoms with Crippen LogP contribution in [0.4, 0.5) is 5.69 Å². The number of anilines is 1. The summed E-state index contributed by atoms with van der Waals surface area (Å²) in [4.78, 5) is 16.9. The molecule has 1 N–H and O–H groups in total. The lowest BCUT2D eigenvalue weighted by molar-refractivity contribution is 0.101. The van der Waals surface area contributed by atoms with Crippen LogP contribution in [0.5, 0.6) is 0 Å². The summed E-state index contributed by atoms with van der Waals surface area (Å²) in [6, 6.07) is 12.4. The molecule has 1 aliphatic rings. The first-order chi connectivity index (χ1) is 12.2. The molecule has 1 aliphatic carbocycles. The minimum atomic E-state index is -0.258. The Labute approximate surface area is 143 Å². The zero-order valence-corrected chi connectivity index (χ0v) is 13.3. The maximum absolute atomic E-state index is 12.5. The van der Waals surface area contributed by atoms with Crippen LogP contribution in [-0.4, -0.2) is 20.6 Å². The molecule has 2 aromatic heterocycles. The van der Waals surface area contributed by atoms with Gasteiger partial charge in [-0.1, -0.05) is 11.2 Å². The average Bonchev–Trinajstić information content (AvgIpc) is 3.19. The lowest BCUT2D eigenvalue weighted by atomic mass is 10.2. The first-order valence-electron chi connectivity index (χ1n) is 8.02. The van der Waals surface area contributed by atoms with Gasteiger partial charge in [0.05, 0.1) is 18.2 Å². The molecule has 0 saturated heterocycles. The van der Waals surface area contributed by atoms with Crippen LogP contribution in [0.1, 0.15) is 46.5 Å². The first-order valence-corrected chi connectivity index (χ1v) is 8.02. The van der Waals surface area contributed by atoms with Crippen molar-refractivity contribution < 1.29 is 9.32 Å². The molecule has 25 heavy (non-hydrogen) atoms. The molecule has 1 amide bonds. The average molecular weight is 333 g/mol. The molecule has 0 unspecified atom stereocenters. The highest BCUT2D eigenvalue weighted by atomic mass is 16.5. The summed E-state index contributed by atoms with van der Waals surface area (Å²) in [5, 5.41) is 15.7. The molecule has 1 aromatic carbocycles. The molecule has 3 aromatic rings. The largest absolute Gasteiger partial charge is 0.339 e. The third-order valence-corrected chi connectivity index (χ3v) is 4.03. The minimum absolute atomic E-state index is 0.258. The van der Waals surface area contributed by atoms with Gasteiger partial charge in [-0.15, -0.1) is 0 Å². The van der Waals surface area contributed by atoms with E-state index in [1.54, 1.807) is 47.2 Å². The second-order valence-electron chi connectivity index (χ2n) is 5.99. The van der Waals surface area contributed by atoms with E-state index in [1.807, 2.05) is 0 Å². The molecular weight excluding hydrogens is 318 g/mol. The van der Waals surface area contributed by atoms with Gasteiger partial charge in [-0.25, -0.2) is 0 Å². The smallest absolute Gasteiger partial charge is 0.272 e. The number of rotatable bonds is 5. The van der Waals surface area contributed by atoms with Crippen LogP contribution in [0.25, 0.3) is 0 Å². The SMILES string of the molecule is N#Cc1cccc(NC(=O)c2cccn2Cc2noc(C3CC3)n2)c1. The molecule has 2 heterocycles. The topological polar surface area (TPSA) is 96.7 Å². The van der Waals surface area contributed by atoms with Crippen LogP contribution in [0, 0.1) is 11.3 Å². The fraction of sp³-hybridized carbons (Fsp3) is 0.222. The first kappa shape index (κ1) is 15.1. The predicted molar refractivity (Wildman–Crippen MR) is 88.9 cm³/mol. The summed E-state index contributed by atoms with van der Waals surface area (Å²) in [7, 11) is 0. The van der Waals surface area contributed by atoms with E-state index in [2.05, 4.69) is 21.5 Å². The van der Waals surface area contributed by atoms with Gasteiger partial charge in [0.15, 0.2) is 5.82 Å². The normalized spacial score (nSPS) is 13.4. The van der Waals surface area contributed by atoms with Gasteiger partial charge in [-0.3, -0.25) is 4.79 Å². The predicted octanol–water partition coefficient (Wildman–Crippen LogP) is 2.92. The molecule has 0 spiro atoms. The van der Waals surface area contributed by atoms with Gasteiger partial charge >= 0.3 is 0 Å². The number of amides is 1. The minimum Gasteiger partial charge on any atom is -0.339 e. The fourth-order valence-electron chi connectivity index (χ4n) is 2.60. The van der Waals surface area contributed by atoms with E-state index in [-0.39, 0.29) is 5.91 Å². The lowest BCUT2D eigenvalue weighted by Gasteiger charge is -2.08. The Morgan fingerprint density at radius 1 is 1.36 bits per heavy atom. The number of nitrogens with one attached hydrogen (secondary N) is 1. The summed E-state index contributed by atoms with van der Waals surface area (Å²) in [6.07, 6.45) is 3.99. The monoisotopic (exact) mass is 333 g/mol. The van der Waals surface area contributed by atoms with Crippen molar-refractivity contribution in [3.63, 3.8) is 0 Å². The molecule has 7 nitrogen and oxygen atoms in total. The maximum atomic E-state index is 12.5. The van der Waals surface area contributed by atoms with E-state index in [4.69, 9.17) is 9.78 Å². The molecule has 1 saturated carbocycles. The molecule has 0 aliphatic heterocycles. The summed E-state index contributed by atoms with van der Waals surface area (Å²) < 4.78 is 7.02. The van der Waals surface area contributed by atoms with E-state index in [0.29, 0.717) is 41.1 Å². The summed E-state index contributed by atoms with van der Waals surface area (Å²) in [6.45, 7) is 0.365. The van der Waals surface area contributed by atoms with Crippen LogP contribution in [-0.2, 0) is 6.54 Å². The summed E-state index contributed by atoms with van der Waals surface area (Å²) in [5.41, 5.74) is 1.56. The standard InChI is InChI=1S/C18H15N5O2/c19-10-12-3-1-4-14(9-12)20-17(24)15-5-2-8-23(15)11-16-21-18(25-22-16)13-6-7-13/h1-5,8-9,13H,6-7,11H2,(H,20,24). The molecule has 0 atom stereocenters. The Bertz CT molecular complexity index is 962. The van der Waals surface area contributed by atoms with Gasteiger partial charge in [-0.2, -0.15) is 10.2 Å². The molecule has 0 bridgehead atoms. The van der Waals surface area contributed by atoms with Gasteiger partial charge in [0.25, 0.3) is 5.91 Å². The summed E-state index contributed by atoms with van der Waals surface area (Å²) in [5.74, 6) is 1.38. The maximum Gasteiger partial charge on any atom is 0.272 e. The molecular formula is C18H15N5O2. The van der Waals surface area contributed by atoms with Crippen molar-refractivity contribution in [1.82, 2.24) is 14.7 Å². The van der Waals surface area contributed by atoms with Crippen molar-refractivity contribution in [1.29, 1.82) is 5.26 Å². The zero-order valence-electron chi connectivity index (χ0n) is 13.3. The Hall–Kier alpha value is -3.40. The zero-order chi connectivity index (χ0) is 17.2. The second-order valence-corrected chi connectivity index (χ2v) is 5.99. The van der Waals surface area contributed by atoms with E-state index in [1.165, 1.54) is 0 Å². The number of carbonyl (C=O) groups excluding carboxylic acids is 1. The Morgan fingerprint density at radius 2 is 2.24 bits per heavy atom. The number of nitriles is 1. The van der Waals surface area contributed by atoms with Gasteiger partial charge in [0.1, 0.15) is 5.69 Å². The van der Waals surface area contributed by atoms with E-state index in [0.717, 1.165) is 12.8 Å². The van der Waals surface area contributed by atoms with Crippen LogP contribution in [0.3, 0.4) is 0 Å². The number of nitrogens with zero attached hydrogens (tertiary/aromatic N) is 4. The molecule has 7 heteroatoms. The third kappa shape index (κ3) is 3.28. The van der Waals surface area contributed by atoms with Gasteiger partial charge in [0, 0.05) is 17.8 Å². The highest BCUT2D eigenvalue weighted by Gasteiger charge is 2.29. The van der Waals surface area contributed by atoms with E-state index in [9.17, 15) is 4.79 Å². The quantitative estimate of drug-likeness (QED) is 0.774. The van der Waals surface area contributed by atoms with E-state index < -0.39 is 0 Å². The fourth-order valence-corrected chi connectivity index (χ4v) is 2.60. The number of aromatic nitrogens is 3. The van der Waals surface area contributed by atoms with Crippen molar-refractivity contribution in [2.24, 2.45) is 0 Å². The molecule has 1 fully saturated rings. The Balaban J connectivity index is 1.49. The van der Waals surface area contributed by atoms with Crippen molar-refractivity contribution in [2.75, 3.05) is 5.32 Å². The summed E-state index contributed by atoms with van der Waals surface area (Å²) >= 11 is 0. The van der Waals surface area contributed by atoms with Gasteiger partial charge in [-0.05, 0) is 43.2 Å². The Kier molecular flexibility index (Phi) is 3.78. The number of hydrogen-bond acceptors (Lipinski definition) is 5. The van der Waals surface area contributed by atoms with Crippen molar-refractivity contribution >= 4 is 11.6 Å². The second kappa shape index (κ2) is 6.24. The van der Waals surface area contributed by atoms with Crippen LogP contribution < -0.4 is 5.32 Å². The molecule has 124 valence electrons. The van der Waals surface area contributed by atoms with Gasteiger partial charge in [0.2, 0.25) is 5.89 Å². The van der Waals surface area contributed by atoms with Crippen LogP contribution >= 0.6 is 0 Å². The highest BCUT2D eigenvalue weighted by molar-refractivity contribution is 6.03. The lowest BCUT2D eigenvalue weighted by Crippen LogP contribution is -2.17. The van der Waals surface area contributed by atoms with Crippen molar-refractivity contribution in [2.45, 2.75) is 25.3 Å².